The molecule has 160 valence electrons. The van der Waals surface area contributed by atoms with Crippen molar-refractivity contribution in [2.75, 3.05) is 67.7 Å². The van der Waals surface area contributed by atoms with Crippen molar-refractivity contribution < 1.29 is 9.47 Å². The van der Waals surface area contributed by atoms with Crippen LogP contribution in [0, 0.1) is 6.92 Å². The van der Waals surface area contributed by atoms with Gasteiger partial charge in [-0.2, -0.15) is 9.97 Å². The lowest BCUT2D eigenvalue weighted by Crippen LogP contribution is -2.39. The molecule has 2 aromatic rings. The second-order valence-electron chi connectivity index (χ2n) is 7.40. The van der Waals surface area contributed by atoms with Gasteiger partial charge in [-0.25, -0.2) is 0 Å². The number of nitrogens with zero attached hydrogens (tertiary/aromatic N) is 4. The van der Waals surface area contributed by atoms with Gasteiger partial charge in [-0.15, -0.1) is 0 Å². The number of thiocarbonyl (C=S) groups is 1. The van der Waals surface area contributed by atoms with E-state index < -0.39 is 0 Å². The highest BCUT2D eigenvalue weighted by Gasteiger charge is 2.19. The molecule has 2 fully saturated rings. The van der Waals surface area contributed by atoms with Crippen molar-refractivity contribution in [1.29, 1.82) is 0 Å². The van der Waals surface area contributed by atoms with Crippen LogP contribution in [0.2, 0.25) is 0 Å². The molecule has 3 heterocycles. The molecule has 2 N–H and O–H groups in total. The molecule has 1 aromatic heterocycles. The summed E-state index contributed by atoms with van der Waals surface area (Å²) >= 11 is 5.49. The van der Waals surface area contributed by atoms with Crippen LogP contribution >= 0.6 is 12.2 Å². The standard InChI is InChI=1S/C21H28N6O2S/c1-16-2-4-17(5-3-16)15-22-21(30)25-20-23-18(26-6-10-28-11-7-26)14-19(24-20)27-8-12-29-13-9-27/h2-5,14H,6-13,15H2,1H3,(H2,22,23,24,25,30). The van der Waals surface area contributed by atoms with Crippen LogP contribution in [0.15, 0.2) is 30.3 Å². The molecule has 2 saturated heterocycles. The van der Waals surface area contributed by atoms with Crippen molar-refractivity contribution >= 4 is 34.9 Å². The first kappa shape index (κ1) is 20.8. The second kappa shape index (κ2) is 10.0. The minimum absolute atomic E-state index is 0.502. The van der Waals surface area contributed by atoms with Gasteiger partial charge in [0.2, 0.25) is 5.95 Å². The lowest BCUT2D eigenvalue weighted by Gasteiger charge is -2.31. The second-order valence-corrected chi connectivity index (χ2v) is 7.81. The Balaban J connectivity index is 1.47. The van der Waals surface area contributed by atoms with Crippen LogP contribution in [0.1, 0.15) is 11.1 Å². The van der Waals surface area contributed by atoms with E-state index in [-0.39, 0.29) is 0 Å². The number of anilines is 3. The van der Waals surface area contributed by atoms with Crippen molar-refractivity contribution in [2.45, 2.75) is 13.5 Å². The third kappa shape index (κ3) is 5.56. The fraction of sp³-hybridized carbons (Fsp3) is 0.476. The zero-order valence-electron chi connectivity index (χ0n) is 17.3. The Morgan fingerprint density at radius 2 is 1.47 bits per heavy atom. The molecule has 2 aliphatic heterocycles. The van der Waals surface area contributed by atoms with E-state index in [2.05, 4.69) is 51.6 Å². The van der Waals surface area contributed by atoms with Crippen LogP contribution in [0.5, 0.6) is 0 Å². The normalized spacial score (nSPS) is 17.0. The highest BCUT2D eigenvalue weighted by molar-refractivity contribution is 7.80. The molecule has 0 spiro atoms. The number of aromatic nitrogens is 2. The SMILES string of the molecule is Cc1ccc(CNC(=S)Nc2nc(N3CCOCC3)cc(N3CCOCC3)n2)cc1. The Hall–Kier alpha value is -2.49. The smallest absolute Gasteiger partial charge is 0.232 e. The van der Waals surface area contributed by atoms with E-state index in [1.54, 1.807) is 0 Å². The number of aryl methyl sites for hydroxylation is 1. The Labute approximate surface area is 182 Å². The number of hydrogen-bond donors (Lipinski definition) is 2. The van der Waals surface area contributed by atoms with Crippen LogP contribution < -0.4 is 20.4 Å². The zero-order valence-corrected chi connectivity index (χ0v) is 18.1. The summed E-state index contributed by atoms with van der Waals surface area (Å²) in [6.07, 6.45) is 0. The van der Waals surface area contributed by atoms with Crippen molar-refractivity contribution in [3.8, 4) is 0 Å². The largest absolute Gasteiger partial charge is 0.378 e. The van der Waals surface area contributed by atoms with Crippen molar-refractivity contribution in [3.05, 3.63) is 41.5 Å². The lowest BCUT2D eigenvalue weighted by molar-refractivity contribution is 0.122. The predicted molar refractivity (Wildman–Crippen MR) is 122 cm³/mol. The molecule has 2 aliphatic rings. The Morgan fingerprint density at radius 3 is 2.00 bits per heavy atom. The van der Waals surface area contributed by atoms with E-state index in [0.717, 1.165) is 37.8 Å². The number of rotatable bonds is 5. The monoisotopic (exact) mass is 428 g/mol. The molecule has 0 aliphatic carbocycles. The van der Waals surface area contributed by atoms with Gasteiger partial charge in [-0.05, 0) is 24.7 Å². The maximum Gasteiger partial charge on any atom is 0.232 e. The van der Waals surface area contributed by atoms with E-state index >= 15 is 0 Å². The van der Waals surface area contributed by atoms with Crippen LogP contribution in [0.4, 0.5) is 17.6 Å². The highest BCUT2D eigenvalue weighted by atomic mass is 32.1. The first-order valence-electron chi connectivity index (χ1n) is 10.3. The van der Waals surface area contributed by atoms with Gasteiger partial charge in [0, 0.05) is 38.8 Å². The molecule has 30 heavy (non-hydrogen) atoms. The first-order chi connectivity index (χ1) is 14.7. The maximum atomic E-state index is 5.49. The van der Waals surface area contributed by atoms with Gasteiger partial charge in [0.25, 0.3) is 0 Å². The van der Waals surface area contributed by atoms with E-state index in [0.29, 0.717) is 44.0 Å². The number of nitrogens with one attached hydrogen (secondary N) is 2. The Morgan fingerprint density at radius 1 is 0.933 bits per heavy atom. The van der Waals surface area contributed by atoms with Gasteiger partial charge in [0.1, 0.15) is 11.6 Å². The van der Waals surface area contributed by atoms with Crippen LogP contribution in [0.3, 0.4) is 0 Å². The summed E-state index contributed by atoms with van der Waals surface area (Å²) in [7, 11) is 0. The molecule has 0 amide bonds. The topological polar surface area (TPSA) is 74.8 Å². The molecular formula is C21H28N6O2S. The van der Waals surface area contributed by atoms with Gasteiger partial charge in [-0.3, -0.25) is 0 Å². The number of benzene rings is 1. The number of morpholine rings is 2. The maximum absolute atomic E-state index is 5.49. The summed E-state index contributed by atoms with van der Waals surface area (Å²) in [6, 6.07) is 10.4. The third-order valence-corrected chi connectivity index (χ3v) is 5.41. The summed E-state index contributed by atoms with van der Waals surface area (Å²) < 4.78 is 11.0. The summed E-state index contributed by atoms with van der Waals surface area (Å²) in [5.41, 5.74) is 2.41. The van der Waals surface area contributed by atoms with E-state index in [9.17, 15) is 0 Å². The number of hydrogen-bond acceptors (Lipinski definition) is 7. The van der Waals surface area contributed by atoms with Gasteiger partial charge in [0.15, 0.2) is 5.11 Å². The Kier molecular flexibility index (Phi) is 6.93. The van der Waals surface area contributed by atoms with E-state index in [1.165, 1.54) is 11.1 Å². The molecule has 0 unspecified atom stereocenters. The van der Waals surface area contributed by atoms with Crippen molar-refractivity contribution in [1.82, 2.24) is 15.3 Å². The van der Waals surface area contributed by atoms with Gasteiger partial charge in [0.05, 0.1) is 26.4 Å². The zero-order chi connectivity index (χ0) is 20.8. The van der Waals surface area contributed by atoms with Gasteiger partial charge in [-0.1, -0.05) is 29.8 Å². The summed E-state index contributed by atoms with van der Waals surface area (Å²) in [5, 5.41) is 6.91. The first-order valence-corrected chi connectivity index (χ1v) is 10.7. The highest BCUT2D eigenvalue weighted by Crippen LogP contribution is 2.23. The fourth-order valence-electron chi connectivity index (χ4n) is 3.42. The Bertz CT molecular complexity index is 815. The molecule has 0 atom stereocenters. The molecule has 4 rings (SSSR count). The predicted octanol–water partition coefficient (Wildman–Crippen LogP) is 1.94. The lowest BCUT2D eigenvalue weighted by atomic mass is 10.1. The van der Waals surface area contributed by atoms with Crippen LogP contribution in [-0.4, -0.2) is 67.7 Å². The van der Waals surface area contributed by atoms with Crippen LogP contribution in [0.25, 0.3) is 0 Å². The van der Waals surface area contributed by atoms with Crippen LogP contribution in [-0.2, 0) is 16.0 Å². The summed E-state index contributed by atoms with van der Waals surface area (Å²) in [4.78, 5) is 13.9. The van der Waals surface area contributed by atoms with Crippen molar-refractivity contribution in [2.24, 2.45) is 0 Å². The average Bonchev–Trinajstić information content (AvgIpc) is 2.80. The molecule has 0 radical (unpaired) electrons. The molecular weight excluding hydrogens is 400 g/mol. The minimum atomic E-state index is 0.502. The molecule has 8 nitrogen and oxygen atoms in total. The minimum Gasteiger partial charge on any atom is -0.378 e. The average molecular weight is 429 g/mol. The van der Waals surface area contributed by atoms with Crippen molar-refractivity contribution in [3.63, 3.8) is 0 Å². The van der Waals surface area contributed by atoms with E-state index in [1.807, 2.05) is 6.07 Å². The molecule has 1 aromatic carbocycles. The molecule has 0 bridgehead atoms. The summed E-state index contributed by atoms with van der Waals surface area (Å²) in [5.74, 6) is 2.28. The number of ether oxygens (including phenoxy) is 2. The quantitative estimate of drug-likeness (QED) is 0.695. The summed E-state index contributed by atoms with van der Waals surface area (Å²) in [6.45, 7) is 8.80. The van der Waals surface area contributed by atoms with Gasteiger partial charge >= 0.3 is 0 Å². The van der Waals surface area contributed by atoms with E-state index in [4.69, 9.17) is 31.7 Å². The molecule has 9 heteroatoms. The molecule has 0 saturated carbocycles. The third-order valence-electron chi connectivity index (χ3n) is 5.17. The fourth-order valence-corrected chi connectivity index (χ4v) is 3.58. The van der Waals surface area contributed by atoms with Gasteiger partial charge < -0.3 is 29.9 Å².